The smallest absolute Gasteiger partial charge is 0.305 e. The third-order valence-corrected chi connectivity index (χ3v) is 3.94. The molecule has 0 aromatic carbocycles. The Morgan fingerprint density at radius 1 is 0.714 bits per heavy atom. The molecule has 21 heavy (non-hydrogen) atoms. The molecule has 0 aliphatic heterocycles. The lowest BCUT2D eigenvalue weighted by molar-refractivity contribution is -0.143. The van der Waals surface area contributed by atoms with Gasteiger partial charge in [0.2, 0.25) is 0 Å². The van der Waals surface area contributed by atoms with Gasteiger partial charge in [-0.15, -0.1) is 0 Å². The lowest BCUT2D eigenvalue weighted by Crippen LogP contribution is -2.03. The maximum absolute atomic E-state index is 11.1. The van der Waals surface area contributed by atoms with Gasteiger partial charge in [0, 0.05) is 6.42 Å². The Kier molecular flexibility index (Phi) is 17.1. The van der Waals surface area contributed by atoms with Crippen molar-refractivity contribution in [3.63, 3.8) is 0 Å². The van der Waals surface area contributed by atoms with Crippen LogP contribution in [0.5, 0.6) is 0 Å². The largest absolute Gasteiger partial charge is 0.466 e. The summed E-state index contributed by atoms with van der Waals surface area (Å²) in [5, 5.41) is 0. The number of rotatable bonds is 16. The molecular formula is C19H37O2. The van der Waals surface area contributed by atoms with Gasteiger partial charge in [0.15, 0.2) is 0 Å². The highest BCUT2D eigenvalue weighted by Gasteiger charge is 2.00. The van der Waals surface area contributed by atoms with Crippen molar-refractivity contribution >= 4 is 5.97 Å². The molecule has 1 radical (unpaired) electrons. The first-order valence-electron chi connectivity index (χ1n) is 9.26. The van der Waals surface area contributed by atoms with E-state index in [0.717, 1.165) is 12.8 Å². The zero-order valence-electron chi connectivity index (χ0n) is 14.3. The monoisotopic (exact) mass is 297 g/mol. The fraction of sp³-hybridized carbons (Fsp3) is 0.895. The van der Waals surface area contributed by atoms with Crippen LogP contribution in [0.25, 0.3) is 0 Å². The maximum Gasteiger partial charge on any atom is 0.305 e. The number of carbonyl (C=O) groups excluding carboxylic acids is 1. The van der Waals surface area contributed by atoms with Gasteiger partial charge in [-0.25, -0.2) is 0 Å². The molecule has 0 fully saturated rings. The summed E-state index contributed by atoms with van der Waals surface area (Å²) in [5.41, 5.74) is 0. The first-order valence-corrected chi connectivity index (χ1v) is 9.26. The van der Waals surface area contributed by atoms with Gasteiger partial charge in [-0.2, -0.15) is 0 Å². The quantitative estimate of drug-likeness (QED) is 0.249. The Labute approximate surface area is 133 Å². The average molecular weight is 298 g/mol. The van der Waals surface area contributed by atoms with E-state index >= 15 is 0 Å². The van der Waals surface area contributed by atoms with Crippen molar-refractivity contribution in [3.8, 4) is 0 Å². The first-order chi connectivity index (χ1) is 10.3. The molecule has 0 spiro atoms. The Hall–Kier alpha value is -0.530. The van der Waals surface area contributed by atoms with Crippen LogP contribution in [0.1, 0.15) is 103 Å². The van der Waals surface area contributed by atoms with E-state index in [9.17, 15) is 4.79 Å². The van der Waals surface area contributed by atoms with E-state index < -0.39 is 0 Å². The molecule has 0 aliphatic carbocycles. The summed E-state index contributed by atoms with van der Waals surface area (Å²) in [7, 11) is 0. The molecule has 0 aliphatic rings. The Balaban J connectivity index is 3.01. The zero-order chi connectivity index (χ0) is 15.6. The number of esters is 1. The summed E-state index contributed by atoms with van der Waals surface area (Å²) in [4.78, 5) is 11.1. The molecule has 2 nitrogen and oxygen atoms in total. The third kappa shape index (κ3) is 17.4. The number of unbranched alkanes of at least 4 members (excludes halogenated alkanes) is 13. The maximum atomic E-state index is 11.1. The highest BCUT2D eigenvalue weighted by Crippen LogP contribution is 2.13. The molecule has 0 saturated carbocycles. The second-order valence-electron chi connectivity index (χ2n) is 6.00. The average Bonchev–Trinajstić information content (AvgIpc) is 2.48. The second-order valence-corrected chi connectivity index (χ2v) is 6.00. The molecule has 0 rings (SSSR count). The van der Waals surface area contributed by atoms with E-state index in [2.05, 4.69) is 6.92 Å². The fourth-order valence-electron chi connectivity index (χ4n) is 2.62. The highest BCUT2D eigenvalue weighted by molar-refractivity contribution is 5.69. The van der Waals surface area contributed by atoms with Crippen molar-refractivity contribution < 1.29 is 9.53 Å². The van der Waals surface area contributed by atoms with Crippen molar-refractivity contribution in [2.75, 3.05) is 6.61 Å². The number of carbonyl (C=O) groups is 1. The Bertz CT molecular complexity index is 214. The van der Waals surface area contributed by atoms with Crippen LogP contribution in [-0.4, -0.2) is 12.6 Å². The molecule has 0 aromatic heterocycles. The standard InChI is InChI=1S/C19H37O2/c1-3-5-6-7-8-9-10-11-12-13-14-15-16-17-18-19(20)21-4-2/h1,3-18H2,2H3. The van der Waals surface area contributed by atoms with E-state index in [1.807, 2.05) is 6.92 Å². The molecule has 0 unspecified atom stereocenters. The molecule has 0 bridgehead atoms. The van der Waals surface area contributed by atoms with E-state index in [0.29, 0.717) is 13.0 Å². The predicted molar refractivity (Wildman–Crippen MR) is 91.2 cm³/mol. The second kappa shape index (κ2) is 17.5. The van der Waals surface area contributed by atoms with Crippen molar-refractivity contribution in [3.05, 3.63) is 6.92 Å². The molecule has 0 N–H and O–H groups in total. The van der Waals surface area contributed by atoms with Gasteiger partial charge < -0.3 is 4.74 Å². The summed E-state index contributed by atoms with van der Waals surface area (Å²) >= 11 is 0. The summed E-state index contributed by atoms with van der Waals surface area (Å²) in [6, 6.07) is 0. The van der Waals surface area contributed by atoms with Crippen LogP contribution in [0.15, 0.2) is 0 Å². The molecule has 0 heterocycles. The van der Waals surface area contributed by atoms with Crippen LogP contribution in [0.4, 0.5) is 0 Å². The zero-order valence-corrected chi connectivity index (χ0v) is 14.3. The minimum Gasteiger partial charge on any atom is -0.466 e. The first kappa shape index (κ1) is 20.5. The summed E-state index contributed by atoms with van der Waals surface area (Å²) in [5.74, 6) is -0.0345. The Morgan fingerprint density at radius 2 is 1.10 bits per heavy atom. The molecule has 125 valence electrons. The predicted octanol–water partition coefficient (Wildman–Crippen LogP) is 6.24. The fourth-order valence-corrected chi connectivity index (χ4v) is 2.62. The van der Waals surface area contributed by atoms with Crippen LogP contribution in [-0.2, 0) is 9.53 Å². The third-order valence-electron chi connectivity index (χ3n) is 3.94. The topological polar surface area (TPSA) is 26.3 Å². The summed E-state index contributed by atoms with van der Waals surface area (Å²) in [6.45, 7) is 6.24. The lowest BCUT2D eigenvalue weighted by atomic mass is 10.0. The molecule has 0 saturated heterocycles. The molecule has 2 heteroatoms. The number of hydrogen-bond donors (Lipinski definition) is 0. The molecular weight excluding hydrogens is 260 g/mol. The van der Waals surface area contributed by atoms with Gasteiger partial charge >= 0.3 is 5.97 Å². The van der Waals surface area contributed by atoms with E-state index in [1.165, 1.54) is 77.0 Å². The normalized spacial score (nSPS) is 10.8. The number of ether oxygens (including phenoxy) is 1. The van der Waals surface area contributed by atoms with Crippen molar-refractivity contribution in [1.29, 1.82) is 0 Å². The van der Waals surface area contributed by atoms with Gasteiger partial charge in [-0.05, 0) is 13.3 Å². The molecule has 0 aromatic rings. The molecule has 0 atom stereocenters. The van der Waals surface area contributed by atoms with Crippen LogP contribution in [0, 0.1) is 6.92 Å². The minimum atomic E-state index is -0.0345. The van der Waals surface area contributed by atoms with Crippen LogP contribution in [0.2, 0.25) is 0 Å². The summed E-state index contributed by atoms with van der Waals surface area (Å²) < 4.78 is 4.91. The van der Waals surface area contributed by atoms with Gasteiger partial charge in [0.25, 0.3) is 0 Å². The van der Waals surface area contributed by atoms with Crippen molar-refractivity contribution in [1.82, 2.24) is 0 Å². The summed E-state index contributed by atoms with van der Waals surface area (Å²) in [6.07, 6.45) is 18.9. The number of hydrogen-bond acceptors (Lipinski definition) is 2. The van der Waals surface area contributed by atoms with Crippen molar-refractivity contribution in [2.45, 2.75) is 103 Å². The molecule has 0 amide bonds. The highest BCUT2D eigenvalue weighted by atomic mass is 16.5. The van der Waals surface area contributed by atoms with Gasteiger partial charge in [0.1, 0.15) is 0 Å². The minimum absolute atomic E-state index is 0.0345. The van der Waals surface area contributed by atoms with E-state index in [4.69, 9.17) is 4.74 Å². The van der Waals surface area contributed by atoms with Crippen LogP contribution >= 0.6 is 0 Å². The van der Waals surface area contributed by atoms with Crippen LogP contribution in [0.3, 0.4) is 0 Å². The SMILES string of the molecule is [CH2]CCCCCCCCCCCCCCCC(=O)OCC. The van der Waals surface area contributed by atoms with Crippen LogP contribution < -0.4 is 0 Å². The Morgan fingerprint density at radius 3 is 1.48 bits per heavy atom. The lowest BCUT2D eigenvalue weighted by Gasteiger charge is -2.03. The van der Waals surface area contributed by atoms with Gasteiger partial charge in [-0.1, -0.05) is 90.4 Å². The van der Waals surface area contributed by atoms with Crippen molar-refractivity contribution in [2.24, 2.45) is 0 Å². The van der Waals surface area contributed by atoms with Gasteiger partial charge in [-0.3, -0.25) is 4.79 Å². The van der Waals surface area contributed by atoms with Gasteiger partial charge in [0.05, 0.1) is 6.61 Å². The van der Waals surface area contributed by atoms with E-state index in [-0.39, 0.29) is 5.97 Å². The van der Waals surface area contributed by atoms with E-state index in [1.54, 1.807) is 0 Å².